The zero-order valence-corrected chi connectivity index (χ0v) is 15.8. The molecule has 3 N–H and O–H groups in total. The summed E-state index contributed by atoms with van der Waals surface area (Å²) in [5.41, 5.74) is 7.04. The quantitative estimate of drug-likeness (QED) is 0.477. The predicted octanol–water partition coefficient (Wildman–Crippen LogP) is 2.36. The molecule has 0 unspecified atom stereocenters. The lowest BCUT2D eigenvalue weighted by Gasteiger charge is -2.13. The highest BCUT2D eigenvalue weighted by atomic mass is 32.1. The molecule has 1 amide bonds. The molecule has 3 rings (SSSR count). The number of hydrazine groups is 1. The van der Waals surface area contributed by atoms with Gasteiger partial charge in [-0.1, -0.05) is 35.9 Å². The van der Waals surface area contributed by atoms with Crippen LogP contribution < -0.4 is 21.7 Å². The first kappa shape index (κ1) is 18.5. The third-order valence-electron chi connectivity index (χ3n) is 3.98. The molecule has 0 radical (unpaired) electrons. The Morgan fingerprint density at radius 2 is 1.74 bits per heavy atom. The van der Waals surface area contributed by atoms with Crippen molar-refractivity contribution < 1.29 is 4.79 Å². The van der Waals surface area contributed by atoms with Gasteiger partial charge in [-0.3, -0.25) is 20.4 Å². The van der Waals surface area contributed by atoms with Crippen LogP contribution in [0.15, 0.2) is 53.3 Å². The Morgan fingerprint density at radius 1 is 1.07 bits per heavy atom. The van der Waals surface area contributed by atoms with Crippen LogP contribution in [0.5, 0.6) is 0 Å². The van der Waals surface area contributed by atoms with Gasteiger partial charge in [0.15, 0.2) is 10.8 Å². The summed E-state index contributed by atoms with van der Waals surface area (Å²) in [6, 6.07) is 14.6. The van der Waals surface area contributed by atoms with Crippen molar-refractivity contribution in [3.8, 4) is 0 Å². The molecule has 8 heteroatoms. The van der Waals surface area contributed by atoms with Crippen LogP contribution in [0.1, 0.15) is 23.0 Å². The Balaban J connectivity index is 1.76. The SMILES string of the molecule is CCn1nc(C(=O)NNC(=S)Nc2ccc(C)cc2)c2ccccc2c1=O. The normalized spacial score (nSPS) is 10.4. The van der Waals surface area contributed by atoms with Crippen molar-refractivity contribution in [3.05, 3.63) is 70.1 Å². The second-order valence-corrected chi connectivity index (χ2v) is 6.32. The lowest BCUT2D eigenvalue weighted by atomic mass is 10.1. The molecule has 0 atom stereocenters. The summed E-state index contributed by atoms with van der Waals surface area (Å²) in [4.78, 5) is 25.0. The Kier molecular flexibility index (Phi) is 5.46. The van der Waals surface area contributed by atoms with Gasteiger partial charge in [-0.05, 0) is 44.3 Å². The molecule has 138 valence electrons. The topological polar surface area (TPSA) is 88.1 Å². The molecular formula is C19H19N5O2S. The van der Waals surface area contributed by atoms with Crippen molar-refractivity contribution in [2.75, 3.05) is 5.32 Å². The van der Waals surface area contributed by atoms with E-state index in [9.17, 15) is 9.59 Å². The molecular weight excluding hydrogens is 362 g/mol. The number of anilines is 1. The summed E-state index contributed by atoms with van der Waals surface area (Å²) in [6.45, 7) is 4.15. The van der Waals surface area contributed by atoms with Crippen LogP contribution >= 0.6 is 12.2 Å². The predicted molar refractivity (Wildman–Crippen MR) is 110 cm³/mol. The first-order valence-electron chi connectivity index (χ1n) is 8.43. The van der Waals surface area contributed by atoms with Crippen LogP contribution in [-0.2, 0) is 6.54 Å². The minimum atomic E-state index is -0.485. The van der Waals surface area contributed by atoms with Gasteiger partial charge in [0.2, 0.25) is 0 Å². The summed E-state index contributed by atoms with van der Waals surface area (Å²) in [5, 5.41) is 8.32. The van der Waals surface area contributed by atoms with Gasteiger partial charge < -0.3 is 5.32 Å². The van der Waals surface area contributed by atoms with Crippen molar-refractivity contribution in [1.29, 1.82) is 0 Å². The molecule has 0 aliphatic heterocycles. The largest absolute Gasteiger partial charge is 0.331 e. The number of carbonyl (C=O) groups excluding carboxylic acids is 1. The maximum atomic E-state index is 12.6. The van der Waals surface area contributed by atoms with Crippen molar-refractivity contribution in [2.45, 2.75) is 20.4 Å². The number of thiocarbonyl (C=S) groups is 1. The summed E-state index contributed by atoms with van der Waals surface area (Å²) in [5.74, 6) is -0.485. The highest BCUT2D eigenvalue weighted by molar-refractivity contribution is 7.80. The van der Waals surface area contributed by atoms with E-state index in [0.717, 1.165) is 11.3 Å². The van der Waals surface area contributed by atoms with Crippen LogP contribution in [0.3, 0.4) is 0 Å². The van der Waals surface area contributed by atoms with Gasteiger partial charge >= 0.3 is 0 Å². The number of fused-ring (bicyclic) bond motifs is 1. The molecule has 0 saturated heterocycles. The fourth-order valence-corrected chi connectivity index (χ4v) is 2.76. The van der Waals surface area contributed by atoms with Gasteiger partial charge in [-0.2, -0.15) is 5.10 Å². The van der Waals surface area contributed by atoms with Crippen molar-refractivity contribution in [3.63, 3.8) is 0 Å². The molecule has 0 aliphatic carbocycles. The van der Waals surface area contributed by atoms with Crippen LogP contribution in [-0.4, -0.2) is 20.8 Å². The second kappa shape index (κ2) is 7.96. The maximum Gasteiger partial charge on any atom is 0.290 e. The number of benzene rings is 2. The molecule has 1 heterocycles. The Labute approximate surface area is 161 Å². The maximum absolute atomic E-state index is 12.6. The van der Waals surface area contributed by atoms with Crippen LogP contribution in [0.2, 0.25) is 0 Å². The van der Waals surface area contributed by atoms with Gasteiger partial charge in [-0.25, -0.2) is 4.68 Å². The number of nitrogens with one attached hydrogen (secondary N) is 3. The van der Waals surface area contributed by atoms with Crippen molar-refractivity contribution in [2.24, 2.45) is 0 Å². The molecule has 0 fully saturated rings. The van der Waals surface area contributed by atoms with Crippen molar-refractivity contribution >= 4 is 39.7 Å². The van der Waals surface area contributed by atoms with E-state index in [1.54, 1.807) is 31.2 Å². The fourth-order valence-electron chi connectivity index (χ4n) is 2.59. The van der Waals surface area contributed by atoms with Gasteiger partial charge in [0.1, 0.15) is 0 Å². The minimum Gasteiger partial charge on any atom is -0.331 e. The number of amides is 1. The van der Waals surface area contributed by atoms with Gasteiger partial charge in [0.25, 0.3) is 11.5 Å². The average molecular weight is 381 g/mol. The van der Waals surface area contributed by atoms with Crippen LogP contribution in [0.4, 0.5) is 5.69 Å². The van der Waals surface area contributed by atoms with E-state index in [4.69, 9.17) is 12.2 Å². The van der Waals surface area contributed by atoms with E-state index >= 15 is 0 Å². The first-order valence-corrected chi connectivity index (χ1v) is 8.84. The minimum absolute atomic E-state index is 0.151. The first-order chi connectivity index (χ1) is 13.0. The summed E-state index contributed by atoms with van der Waals surface area (Å²) >= 11 is 5.19. The number of carbonyl (C=O) groups is 1. The monoisotopic (exact) mass is 381 g/mol. The van der Waals surface area contributed by atoms with Gasteiger partial charge in [0, 0.05) is 17.6 Å². The molecule has 3 aromatic rings. The fraction of sp³-hybridized carbons (Fsp3) is 0.158. The molecule has 0 saturated carbocycles. The number of aromatic nitrogens is 2. The van der Waals surface area contributed by atoms with E-state index in [1.165, 1.54) is 4.68 Å². The molecule has 7 nitrogen and oxygen atoms in total. The molecule has 27 heavy (non-hydrogen) atoms. The van der Waals surface area contributed by atoms with E-state index in [2.05, 4.69) is 21.3 Å². The number of nitrogens with zero attached hydrogens (tertiary/aromatic N) is 2. The van der Waals surface area contributed by atoms with E-state index in [0.29, 0.717) is 17.3 Å². The molecule has 0 bridgehead atoms. The average Bonchev–Trinajstić information content (AvgIpc) is 2.68. The number of aryl methyl sites for hydroxylation is 2. The standard InChI is InChI=1S/C19H19N5O2S/c1-3-24-18(26)15-7-5-4-6-14(15)16(23-24)17(25)21-22-19(27)20-13-10-8-12(2)9-11-13/h4-11H,3H2,1-2H3,(H,21,25)(H2,20,22,27). The Bertz CT molecular complexity index is 1060. The van der Waals surface area contributed by atoms with Gasteiger partial charge in [0.05, 0.1) is 5.39 Å². The number of rotatable bonds is 3. The molecule has 0 aliphatic rings. The summed E-state index contributed by atoms with van der Waals surface area (Å²) in [7, 11) is 0. The third-order valence-corrected chi connectivity index (χ3v) is 4.19. The molecule has 2 aromatic carbocycles. The number of hydrogen-bond donors (Lipinski definition) is 3. The highest BCUT2D eigenvalue weighted by Crippen LogP contribution is 2.13. The lowest BCUT2D eigenvalue weighted by Crippen LogP contribution is -2.44. The Hall–Kier alpha value is -3.26. The summed E-state index contributed by atoms with van der Waals surface area (Å²) in [6.07, 6.45) is 0. The highest BCUT2D eigenvalue weighted by Gasteiger charge is 2.16. The summed E-state index contributed by atoms with van der Waals surface area (Å²) < 4.78 is 1.26. The van der Waals surface area contributed by atoms with Crippen molar-refractivity contribution in [1.82, 2.24) is 20.6 Å². The molecule has 0 spiro atoms. The van der Waals surface area contributed by atoms with E-state index < -0.39 is 5.91 Å². The van der Waals surface area contributed by atoms with Crippen LogP contribution in [0, 0.1) is 6.92 Å². The van der Waals surface area contributed by atoms with E-state index in [-0.39, 0.29) is 16.4 Å². The second-order valence-electron chi connectivity index (χ2n) is 5.91. The number of hydrogen-bond acceptors (Lipinski definition) is 4. The third kappa shape index (κ3) is 4.12. The smallest absolute Gasteiger partial charge is 0.290 e. The zero-order valence-electron chi connectivity index (χ0n) is 14.9. The van der Waals surface area contributed by atoms with E-state index in [1.807, 2.05) is 31.2 Å². The lowest BCUT2D eigenvalue weighted by molar-refractivity contribution is 0.0938. The molecule has 1 aromatic heterocycles. The zero-order chi connectivity index (χ0) is 19.4. The van der Waals surface area contributed by atoms with Gasteiger partial charge in [-0.15, -0.1) is 0 Å². The Morgan fingerprint density at radius 3 is 2.41 bits per heavy atom. The van der Waals surface area contributed by atoms with Crippen LogP contribution in [0.25, 0.3) is 10.8 Å².